The highest BCUT2D eigenvalue weighted by Crippen LogP contribution is 2.30. The van der Waals surface area contributed by atoms with Crippen LogP contribution >= 0.6 is 0 Å². The van der Waals surface area contributed by atoms with Crippen molar-refractivity contribution in [3.05, 3.63) is 54.1 Å². The van der Waals surface area contributed by atoms with Gasteiger partial charge in [0.25, 0.3) is 0 Å². The third-order valence-electron chi connectivity index (χ3n) is 4.50. The maximum atomic E-state index is 5.57. The van der Waals surface area contributed by atoms with Crippen molar-refractivity contribution >= 4 is 11.6 Å². The topological polar surface area (TPSA) is 58.1 Å². The lowest BCUT2D eigenvalue weighted by atomic mass is 10.1. The highest BCUT2D eigenvalue weighted by molar-refractivity contribution is 5.93. The van der Waals surface area contributed by atoms with Gasteiger partial charge in [0, 0.05) is 31.4 Å². The van der Waals surface area contributed by atoms with Gasteiger partial charge in [0.2, 0.25) is 0 Å². The van der Waals surface area contributed by atoms with Crippen LogP contribution in [0.4, 0.5) is 5.69 Å². The quantitative estimate of drug-likeness (QED) is 0.513. The summed E-state index contributed by atoms with van der Waals surface area (Å²) in [5.41, 5.74) is 2.21. The molecule has 2 N–H and O–H groups in total. The van der Waals surface area contributed by atoms with Gasteiger partial charge >= 0.3 is 0 Å². The smallest absolute Gasteiger partial charge is 0.195 e. The van der Waals surface area contributed by atoms with Crippen LogP contribution in [0.25, 0.3) is 0 Å². The molecule has 0 aliphatic carbocycles. The number of nitrogens with one attached hydrogen (secondary N) is 2. The zero-order valence-corrected chi connectivity index (χ0v) is 17.5. The van der Waals surface area contributed by atoms with Crippen molar-refractivity contribution in [1.29, 1.82) is 0 Å². The molecule has 0 saturated heterocycles. The van der Waals surface area contributed by atoms with E-state index in [-0.39, 0.29) is 0 Å². The number of benzene rings is 2. The number of aliphatic imine (C=N–C) groups is 1. The SMILES string of the molecule is CCOc1ccc(NC(=NC)NCC(Cc2ccccc2)N(C)C)cc1OC. The minimum Gasteiger partial charge on any atom is -0.493 e. The summed E-state index contributed by atoms with van der Waals surface area (Å²) in [5.74, 6) is 2.14. The zero-order valence-electron chi connectivity index (χ0n) is 17.5. The second-order valence-corrected chi connectivity index (χ2v) is 6.68. The van der Waals surface area contributed by atoms with Crippen molar-refractivity contribution in [3.8, 4) is 11.5 Å². The molecule has 0 heterocycles. The lowest BCUT2D eigenvalue weighted by Crippen LogP contribution is -2.43. The molecule has 1 unspecified atom stereocenters. The maximum Gasteiger partial charge on any atom is 0.195 e. The Morgan fingerprint density at radius 2 is 1.86 bits per heavy atom. The number of hydrogen-bond acceptors (Lipinski definition) is 4. The van der Waals surface area contributed by atoms with Gasteiger partial charge < -0.3 is 25.0 Å². The second kappa shape index (κ2) is 11.2. The first-order chi connectivity index (χ1) is 13.6. The zero-order chi connectivity index (χ0) is 20.4. The van der Waals surface area contributed by atoms with Crippen LogP contribution in [0.1, 0.15) is 12.5 Å². The number of nitrogens with zero attached hydrogens (tertiary/aromatic N) is 2. The summed E-state index contributed by atoms with van der Waals surface area (Å²) in [5, 5.41) is 6.74. The number of ether oxygens (including phenoxy) is 2. The standard InChI is InChI=1S/C22H32N4O2/c1-6-28-20-13-12-18(15-21(20)27-5)25-22(23-2)24-16-19(26(3)4)14-17-10-8-7-9-11-17/h7-13,15,19H,6,14,16H2,1-5H3,(H2,23,24,25). The lowest BCUT2D eigenvalue weighted by Gasteiger charge is -2.26. The third kappa shape index (κ3) is 6.46. The first-order valence-corrected chi connectivity index (χ1v) is 9.56. The molecule has 0 saturated carbocycles. The summed E-state index contributed by atoms with van der Waals surface area (Å²) in [6.45, 7) is 3.32. The largest absolute Gasteiger partial charge is 0.493 e. The number of guanidine groups is 1. The van der Waals surface area contributed by atoms with Crippen LogP contribution in [0.5, 0.6) is 11.5 Å². The second-order valence-electron chi connectivity index (χ2n) is 6.68. The fraction of sp³-hybridized carbons (Fsp3) is 0.409. The summed E-state index contributed by atoms with van der Waals surface area (Å²) >= 11 is 0. The molecule has 0 fully saturated rings. The monoisotopic (exact) mass is 384 g/mol. The fourth-order valence-electron chi connectivity index (χ4n) is 2.87. The number of methoxy groups -OCH3 is 1. The van der Waals surface area contributed by atoms with Crippen molar-refractivity contribution in [3.63, 3.8) is 0 Å². The molecule has 6 heteroatoms. The van der Waals surface area contributed by atoms with Gasteiger partial charge in [-0.3, -0.25) is 4.99 Å². The Labute approximate surface area is 168 Å². The van der Waals surface area contributed by atoms with Crippen molar-refractivity contribution in [2.45, 2.75) is 19.4 Å². The predicted octanol–water partition coefficient (Wildman–Crippen LogP) is 3.25. The fourth-order valence-corrected chi connectivity index (χ4v) is 2.87. The van der Waals surface area contributed by atoms with Crippen molar-refractivity contribution in [2.24, 2.45) is 4.99 Å². The molecule has 0 aromatic heterocycles. The minimum absolute atomic E-state index is 0.343. The number of hydrogen-bond donors (Lipinski definition) is 2. The van der Waals surface area contributed by atoms with E-state index in [1.165, 1.54) is 5.56 Å². The van der Waals surface area contributed by atoms with Crippen LogP contribution in [0.2, 0.25) is 0 Å². The maximum absolute atomic E-state index is 5.57. The number of anilines is 1. The Morgan fingerprint density at radius 3 is 2.46 bits per heavy atom. The van der Waals surface area contributed by atoms with E-state index in [0.29, 0.717) is 24.4 Å². The summed E-state index contributed by atoms with van der Waals surface area (Å²) in [7, 11) is 7.61. The molecule has 0 amide bonds. The van der Waals surface area contributed by atoms with E-state index in [0.717, 1.165) is 24.4 Å². The Balaban J connectivity index is 1.99. The van der Waals surface area contributed by atoms with E-state index in [9.17, 15) is 0 Å². The van der Waals surface area contributed by atoms with Gasteiger partial charge in [0.05, 0.1) is 13.7 Å². The van der Waals surface area contributed by atoms with Gasteiger partial charge in [-0.05, 0) is 45.1 Å². The van der Waals surface area contributed by atoms with Crippen LogP contribution in [-0.2, 0) is 6.42 Å². The van der Waals surface area contributed by atoms with E-state index in [1.807, 2.05) is 31.2 Å². The Kier molecular flexibility index (Phi) is 8.62. The van der Waals surface area contributed by atoms with Gasteiger partial charge in [0.1, 0.15) is 0 Å². The van der Waals surface area contributed by atoms with E-state index in [4.69, 9.17) is 9.47 Å². The molecule has 0 aliphatic rings. The van der Waals surface area contributed by atoms with Crippen molar-refractivity contribution < 1.29 is 9.47 Å². The lowest BCUT2D eigenvalue weighted by molar-refractivity contribution is 0.291. The average Bonchev–Trinajstić information content (AvgIpc) is 2.71. The third-order valence-corrected chi connectivity index (χ3v) is 4.50. The molecule has 0 aliphatic heterocycles. The Bertz CT molecular complexity index is 747. The first kappa shape index (κ1) is 21.6. The van der Waals surface area contributed by atoms with E-state index < -0.39 is 0 Å². The van der Waals surface area contributed by atoms with Crippen LogP contribution in [-0.4, -0.2) is 58.3 Å². The molecule has 28 heavy (non-hydrogen) atoms. The van der Waals surface area contributed by atoms with Crippen LogP contribution in [0, 0.1) is 0 Å². The molecule has 0 spiro atoms. The van der Waals surface area contributed by atoms with Gasteiger partial charge in [0.15, 0.2) is 17.5 Å². The molecular weight excluding hydrogens is 352 g/mol. The summed E-state index contributed by atoms with van der Waals surface area (Å²) < 4.78 is 11.0. The van der Waals surface area contributed by atoms with Crippen molar-refractivity contribution in [1.82, 2.24) is 10.2 Å². The highest BCUT2D eigenvalue weighted by Gasteiger charge is 2.13. The first-order valence-electron chi connectivity index (χ1n) is 9.56. The number of rotatable bonds is 9. The molecule has 2 aromatic carbocycles. The molecule has 6 nitrogen and oxygen atoms in total. The van der Waals surface area contributed by atoms with Gasteiger partial charge in [-0.2, -0.15) is 0 Å². The van der Waals surface area contributed by atoms with Gasteiger partial charge in [-0.15, -0.1) is 0 Å². The molecule has 0 radical (unpaired) electrons. The van der Waals surface area contributed by atoms with Crippen molar-refractivity contribution in [2.75, 3.05) is 46.7 Å². The predicted molar refractivity (Wildman–Crippen MR) is 117 cm³/mol. The Hall–Kier alpha value is -2.73. The molecule has 1 atom stereocenters. The summed E-state index contributed by atoms with van der Waals surface area (Å²) in [6.07, 6.45) is 0.967. The van der Waals surface area contributed by atoms with E-state index in [2.05, 4.69) is 58.9 Å². The normalized spacial score (nSPS) is 12.6. The summed E-state index contributed by atoms with van der Waals surface area (Å²) in [4.78, 5) is 6.57. The van der Waals surface area contributed by atoms with E-state index >= 15 is 0 Å². The molecular formula is C22H32N4O2. The van der Waals surface area contributed by atoms with Gasteiger partial charge in [-0.1, -0.05) is 30.3 Å². The molecule has 152 valence electrons. The average molecular weight is 385 g/mol. The van der Waals surface area contributed by atoms with Crippen LogP contribution < -0.4 is 20.1 Å². The van der Waals surface area contributed by atoms with Gasteiger partial charge in [-0.25, -0.2) is 0 Å². The molecule has 2 aromatic rings. The summed E-state index contributed by atoms with van der Waals surface area (Å²) in [6, 6.07) is 16.6. The Morgan fingerprint density at radius 1 is 1.11 bits per heavy atom. The molecule has 0 bridgehead atoms. The molecule has 2 rings (SSSR count). The minimum atomic E-state index is 0.343. The van der Waals surface area contributed by atoms with Crippen LogP contribution in [0.15, 0.2) is 53.5 Å². The van der Waals surface area contributed by atoms with Crippen LogP contribution in [0.3, 0.4) is 0 Å². The van der Waals surface area contributed by atoms with E-state index in [1.54, 1.807) is 14.2 Å². The highest BCUT2D eigenvalue weighted by atomic mass is 16.5. The number of likely N-dealkylation sites (N-methyl/N-ethyl adjacent to an activating group) is 1.